The number of esters is 3. The average molecular weight is 620 g/mol. The summed E-state index contributed by atoms with van der Waals surface area (Å²) < 4.78 is 64.8. The van der Waals surface area contributed by atoms with Crippen LogP contribution in [0.1, 0.15) is 105 Å². The second kappa shape index (κ2) is 14.3. The number of aromatic amines is 2. The second-order valence-electron chi connectivity index (χ2n) is 11.3. The standard InChI is InChI=1S/C33H44ClN3O6/c1-18-22(14-15-34)21(4)35-25(18)16-26-19(2)23(10-12-29(38)41-8)27(36-26)17-28-24(11-13-30(39)42-9)20(3)31(37-28)32(40)43-33(5,6)7/h16,35,37H,10-15,17H2,1-9H3/b26-16-/i1D3,3D3. The first-order valence-corrected chi connectivity index (χ1v) is 14.5. The minimum absolute atomic E-state index is 0.0129. The summed E-state index contributed by atoms with van der Waals surface area (Å²) >= 11 is 6.00. The summed E-state index contributed by atoms with van der Waals surface area (Å²) in [4.78, 5) is 48.8. The van der Waals surface area contributed by atoms with Crippen LogP contribution in [0.15, 0.2) is 21.8 Å². The van der Waals surface area contributed by atoms with Crippen LogP contribution in [0.5, 0.6) is 0 Å². The summed E-state index contributed by atoms with van der Waals surface area (Å²) in [7, 11) is 2.50. The molecule has 10 heteroatoms. The maximum absolute atomic E-state index is 13.3. The SMILES string of the molecule is [2H]C([2H])([2H])c1c(/C=C2\N=C(Cc3[nH]c(C(=O)OC(C)(C)C)c(C([2H])([2H])[2H])c3CCC(=O)OC)C(CCC(=O)OC)=C2C)[nH]c(C)c1CCCl. The van der Waals surface area contributed by atoms with Gasteiger partial charge in [-0.2, -0.15) is 0 Å². The van der Waals surface area contributed by atoms with Gasteiger partial charge in [-0.15, -0.1) is 11.6 Å². The predicted octanol–water partition coefficient (Wildman–Crippen LogP) is 6.42. The fourth-order valence-corrected chi connectivity index (χ4v) is 5.14. The lowest BCUT2D eigenvalue weighted by Crippen LogP contribution is -2.24. The van der Waals surface area contributed by atoms with Crippen molar-refractivity contribution in [2.45, 2.75) is 92.4 Å². The van der Waals surface area contributed by atoms with Crippen LogP contribution in [-0.4, -0.2) is 59.3 Å². The van der Waals surface area contributed by atoms with Crippen LogP contribution in [0.25, 0.3) is 6.08 Å². The van der Waals surface area contributed by atoms with Crippen LogP contribution in [0.3, 0.4) is 0 Å². The van der Waals surface area contributed by atoms with Gasteiger partial charge in [0, 0.05) is 50.4 Å². The van der Waals surface area contributed by atoms with E-state index in [1.54, 1.807) is 40.7 Å². The van der Waals surface area contributed by atoms with Gasteiger partial charge >= 0.3 is 17.9 Å². The van der Waals surface area contributed by atoms with Gasteiger partial charge in [0.05, 0.1) is 25.6 Å². The minimum atomic E-state index is -2.76. The Kier molecular flexibility index (Phi) is 8.57. The highest BCUT2D eigenvalue weighted by molar-refractivity contribution is 6.18. The quantitative estimate of drug-likeness (QED) is 0.161. The van der Waals surface area contributed by atoms with Crippen molar-refractivity contribution in [3.05, 3.63) is 61.9 Å². The average Bonchev–Trinajstić information content (AvgIpc) is 3.60. The summed E-state index contributed by atoms with van der Waals surface area (Å²) in [6.07, 6.45) is 1.99. The van der Waals surface area contributed by atoms with Crippen LogP contribution in [0.2, 0.25) is 0 Å². The molecular formula is C33H44ClN3O6. The zero-order valence-electron chi connectivity index (χ0n) is 31.8. The van der Waals surface area contributed by atoms with E-state index in [0.717, 1.165) is 0 Å². The molecule has 0 unspecified atom stereocenters. The van der Waals surface area contributed by atoms with Gasteiger partial charge in [-0.05, 0) is 107 Å². The van der Waals surface area contributed by atoms with Crippen molar-refractivity contribution in [3.8, 4) is 0 Å². The van der Waals surface area contributed by atoms with Crippen LogP contribution < -0.4 is 0 Å². The molecule has 0 spiro atoms. The number of aliphatic imine (C=N–C) groups is 1. The number of aryl methyl sites for hydroxylation is 1. The number of nitrogens with zero attached hydrogens (tertiary/aromatic N) is 1. The third-order valence-corrected chi connectivity index (χ3v) is 7.35. The highest BCUT2D eigenvalue weighted by Gasteiger charge is 2.28. The molecule has 1 aliphatic rings. The maximum atomic E-state index is 13.3. The zero-order chi connectivity index (χ0) is 37.1. The molecule has 0 fully saturated rings. The number of ether oxygens (including phenoxy) is 3. The van der Waals surface area contributed by atoms with Crippen LogP contribution in [0.4, 0.5) is 0 Å². The van der Waals surface area contributed by atoms with E-state index in [9.17, 15) is 14.4 Å². The van der Waals surface area contributed by atoms with Gasteiger partial charge in [0.25, 0.3) is 0 Å². The Labute approximate surface area is 267 Å². The summed E-state index contributed by atoms with van der Waals surface area (Å²) in [5.74, 6) is -1.67. The number of carbonyl (C=O) groups excluding carboxylic acids is 3. The molecule has 9 nitrogen and oxygen atoms in total. The van der Waals surface area contributed by atoms with Gasteiger partial charge in [0.15, 0.2) is 0 Å². The van der Waals surface area contributed by atoms with E-state index in [1.807, 2.05) is 0 Å². The molecule has 0 aromatic carbocycles. The molecule has 0 saturated heterocycles. The molecule has 2 N–H and O–H groups in total. The molecule has 234 valence electrons. The Hall–Kier alpha value is -3.59. The van der Waals surface area contributed by atoms with Crippen molar-refractivity contribution >= 4 is 41.3 Å². The van der Waals surface area contributed by atoms with E-state index in [1.165, 1.54) is 14.2 Å². The Morgan fingerprint density at radius 3 is 2.19 bits per heavy atom. The number of hydrogen-bond donors (Lipinski definition) is 2. The van der Waals surface area contributed by atoms with Gasteiger partial charge in [0.2, 0.25) is 0 Å². The number of halogens is 1. The second-order valence-corrected chi connectivity index (χ2v) is 11.7. The number of methoxy groups -OCH3 is 2. The summed E-state index contributed by atoms with van der Waals surface area (Å²) in [6.45, 7) is 3.35. The van der Waals surface area contributed by atoms with Gasteiger partial charge in [-0.25, -0.2) is 4.79 Å². The molecule has 0 atom stereocenters. The largest absolute Gasteiger partial charge is 0.469 e. The molecule has 0 aliphatic carbocycles. The molecule has 0 radical (unpaired) electrons. The molecule has 3 heterocycles. The Morgan fingerprint density at radius 1 is 0.953 bits per heavy atom. The number of nitrogens with one attached hydrogen (secondary N) is 2. The van der Waals surface area contributed by atoms with Crippen LogP contribution in [0, 0.1) is 20.6 Å². The fraction of sp³-hybridized carbons (Fsp3) is 0.515. The molecule has 3 rings (SSSR count). The number of H-pyrrole nitrogens is 2. The number of hydrogen-bond acceptors (Lipinski definition) is 7. The van der Waals surface area contributed by atoms with Gasteiger partial charge < -0.3 is 24.2 Å². The van der Waals surface area contributed by atoms with E-state index < -0.39 is 37.2 Å². The van der Waals surface area contributed by atoms with Crippen molar-refractivity contribution in [3.63, 3.8) is 0 Å². The molecular weight excluding hydrogens is 570 g/mol. The first kappa shape index (κ1) is 25.9. The van der Waals surface area contributed by atoms with Gasteiger partial charge in [-0.1, -0.05) is 0 Å². The first-order chi connectivity index (χ1) is 22.6. The monoisotopic (exact) mass is 619 g/mol. The number of alkyl halides is 1. The normalized spacial score (nSPS) is 17.0. The molecule has 0 amide bonds. The van der Waals surface area contributed by atoms with E-state index in [2.05, 4.69) is 9.97 Å². The number of allylic oxidation sites excluding steroid dienone is 2. The van der Waals surface area contributed by atoms with Gasteiger partial charge in [-0.3, -0.25) is 14.6 Å². The van der Waals surface area contributed by atoms with E-state index in [0.29, 0.717) is 51.6 Å². The maximum Gasteiger partial charge on any atom is 0.355 e. The van der Waals surface area contributed by atoms with Crippen molar-refractivity contribution in [1.82, 2.24) is 9.97 Å². The molecule has 2 aromatic rings. The lowest BCUT2D eigenvalue weighted by atomic mass is 9.95. The van der Waals surface area contributed by atoms with Crippen molar-refractivity contribution in [1.29, 1.82) is 0 Å². The number of carbonyl (C=O) groups is 3. The Balaban J connectivity index is 2.26. The lowest BCUT2D eigenvalue weighted by Gasteiger charge is -2.19. The van der Waals surface area contributed by atoms with E-state index in [-0.39, 0.29) is 60.4 Å². The highest BCUT2D eigenvalue weighted by Crippen LogP contribution is 2.34. The molecule has 1 aliphatic heterocycles. The zero-order valence-corrected chi connectivity index (χ0v) is 26.6. The van der Waals surface area contributed by atoms with Gasteiger partial charge in [0.1, 0.15) is 11.3 Å². The van der Waals surface area contributed by atoms with Crippen LogP contribution >= 0.6 is 11.6 Å². The summed E-state index contributed by atoms with van der Waals surface area (Å²) in [5.41, 5.74) is 3.10. The Bertz CT molecular complexity index is 1690. The molecule has 43 heavy (non-hydrogen) atoms. The Morgan fingerprint density at radius 2 is 1.60 bits per heavy atom. The molecule has 0 saturated carbocycles. The van der Waals surface area contributed by atoms with E-state index in [4.69, 9.17) is 39.0 Å². The summed E-state index contributed by atoms with van der Waals surface area (Å²) in [6, 6.07) is 0. The molecule has 0 bridgehead atoms. The predicted molar refractivity (Wildman–Crippen MR) is 169 cm³/mol. The van der Waals surface area contributed by atoms with Crippen molar-refractivity contribution < 1.29 is 36.8 Å². The topological polar surface area (TPSA) is 123 Å². The van der Waals surface area contributed by atoms with Crippen molar-refractivity contribution in [2.75, 3.05) is 20.1 Å². The number of rotatable bonds is 12. The van der Waals surface area contributed by atoms with Crippen molar-refractivity contribution in [2.24, 2.45) is 4.99 Å². The molecule has 2 aromatic heterocycles. The third-order valence-electron chi connectivity index (χ3n) is 7.16. The minimum Gasteiger partial charge on any atom is -0.469 e. The highest BCUT2D eigenvalue weighted by atomic mass is 35.5. The summed E-state index contributed by atoms with van der Waals surface area (Å²) in [5, 5.41) is 0. The lowest BCUT2D eigenvalue weighted by molar-refractivity contribution is -0.141. The fourth-order valence-electron chi connectivity index (χ4n) is 4.95. The van der Waals surface area contributed by atoms with E-state index >= 15 is 0 Å². The third kappa shape index (κ3) is 8.28. The smallest absolute Gasteiger partial charge is 0.355 e. The number of aromatic nitrogens is 2. The van der Waals surface area contributed by atoms with Crippen LogP contribution in [-0.2, 0) is 43.1 Å². The first-order valence-electron chi connectivity index (χ1n) is 17.0.